The molecule has 1 unspecified atom stereocenters. The fraction of sp³-hybridized carbons (Fsp3) is 0.214. The predicted octanol–water partition coefficient (Wildman–Crippen LogP) is 3.46. The molecule has 2 nitrogen and oxygen atoms in total. The minimum Gasteiger partial charge on any atom is -0.328 e. The fourth-order valence-electron chi connectivity index (χ4n) is 2.20. The van der Waals surface area contributed by atoms with Crippen molar-refractivity contribution in [1.29, 1.82) is 0 Å². The summed E-state index contributed by atoms with van der Waals surface area (Å²) >= 11 is 3.46. The first-order valence-corrected chi connectivity index (χ1v) is 6.49. The molecule has 0 aromatic heterocycles. The molecule has 86 valence electrons. The van der Waals surface area contributed by atoms with Gasteiger partial charge >= 0.3 is 0 Å². The lowest BCUT2D eigenvalue weighted by Gasteiger charge is -2.25. The molecule has 0 fully saturated rings. The van der Waals surface area contributed by atoms with Gasteiger partial charge in [0.15, 0.2) is 0 Å². The van der Waals surface area contributed by atoms with E-state index in [0.717, 1.165) is 16.9 Å². The van der Waals surface area contributed by atoms with Gasteiger partial charge in [0, 0.05) is 10.7 Å². The second kappa shape index (κ2) is 4.15. The molecule has 2 heterocycles. The number of rotatable bonds is 1. The van der Waals surface area contributed by atoms with E-state index in [2.05, 4.69) is 75.4 Å². The van der Waals surface area contributed by atoms with Crippen LogP contribution in [-0.2, 0) is 0 Å². The number of allylic oxidation sites excluding steroid dienone is 2. The Labute approximate surface area is 109 Å². The first-order chi connectivity index (χ1) is 8.24. The number of hydrogen-bond acceptors (Lipinski definition) is 2. The zero-order valence-electron chi connectivity index (χ0n) is 9.60. The minimum atomic E-state index is 0.425. The molecule has 3 rings (SSSR count). The second-order valence-corrected chi connectivity index (χ2v) is 5.23. The molecule has 0 spiro atoms. The molecule has 0 radical (unpaired) electrons. The lowest BCUT2D eigenvalue weighted by atomic mass is 10.0. The molecule has 1 atom stereocenters. The molecule has 1 aromatic carbocycles. The molecule has 2 aliphatic heterocycles. The van der Waals surface area contributed by atoms with Crippen LogP contribution in [0.5, 0.6) is 0 Å². The summed E-state index contributed by atoms with van der Waals surface area (Å²) < 4.78 is 1.11. The summed E-state index contributed by atoms with van der Waals surface area (Å²) in [5, 5.41) is 0. The van der Waals surface area contributed by atoms with E-state index in [0.29, 0.717) is 6.04 Å². The number of fused-ring (bicyclic) bond motifs is 1. The Morgan fingerprint density at radius 3 is 2.82 bits per heavy atom. The van der Waals surface area contributed by atoms with Gasteiger partial charge in [-0.1, -0.05) is 40.2 Å². The molecule has 0 bridgehead atoms. The first-order valence-electron chi connectivity index (χ1n) is 5.69. The lowest BCUT2D eigenvalue weighted by Crippen LogP contribution is -2.30. The van der Waals surface area contributed by atoms with Crippen molar-refractivity contribution in [2.75, 3.05) is 6.54 Å². The van der Waals surface area contributed by atoms with Gasteiger partial charge in [0.25, 0.3) is 0 Å². The van der Waals surface area contributed by atoms with Crippen LogP contribution in [0.25, 0.3) is 5.57 Å². The summed E-state index contributed by atoms with van der Waals surface area (Å²) in [6.07, 6.45) is 6.62. The second-order valence-electron chi connectivity index (χ2n) is 4.31. The van der Waals surface area contributed by atoms with Gasteiger partial charge < -0.3 is 4.90 Å². The molecule has 0 N–H and O–H groups in total. The van der Waals surface area contributed by atoms with Gasteiger partial charge in [-0.3, -0.25) is 4.99 Å². The van der Waals surface area contributed by atoms with Crippen molar-refractivity contribution in [3.05, 3.63) is 52.7 Å². The van der Waals surface area contributed by atoms with Crippen molar-refractivity contribution in [3.8, 4) is 0 Å². The zero-order chi connectivity index (χ0) is 11.8. The van der Waals surface area contributed by atoms with Crippen LogP contribution in [0.4, 0.5) is 0 Å². The maximum absolute atomic E-state index is 4.46. The van der Waals surface area contributed by atoms with E-state index in [1.807, 2.05) is 0 Å². The van der Waals surface area contributed by atoms with Crippen molar-refractivity contribution in [3.63, 3.8) is 0 Å². The fourth-order valence-corrected chi connectivity index (χ4v) is 2.46. The minimum absolute atomic E-state index is 0.425. The monoisotopic (exact) mass is 288 g/mol. The third kappa shape index (κ3) is 1.95. The van der Waals surface area contributed by atoms with Crippen molar-refractivity contribution in [2.24, 2.45) is 4.99 Å². The van der Waals surface area contributed by atoms with Crippen LogP contribution in [0.3, 0.4) is 0 Å². The molecule has 17 heavy (non-hydrogen) atoms. The Balaban J connectivity index is 1.94. The SMILES string of the molecule is CC1=NCC2C=CC(c3ccc(Br)cc3)=CN12. The number of nitrogens with zero attached hydrogens (tertiary/aromatic N) is 2. The summed E-state index contributed by atoms with van der Waals surface area (Å²) in [5.74, 6) is 1.11. The largest absolute Gasteiger partial charge is 0.328 e. The summed E-state index contributed by atoms with van der Waals surface area (Å²) in [6, 6.07) is 8.82. The highest BCUT2D eigenvalue weighted by Crippen LogP contribution is 2.26. The normalized spacial score (nSPS) is 22.2. The molecule has 1 aromatic rings. The maximum atomic E-state index is 4.46. The number of hydrogen-bond donors (Lipinski definition) is 0. The Bertz CT molecular complexity index is 526. The predicted molar refractivity (Wildman–Crippen MR) is 74.9 cm³/mol. The number of aliphatic imine (C=N–C) groups is 1. The van der Waals surface area contributed by atoms with E-state index in [1.165, 1.54) is 11.1 Å². The smallest absolute Gasteiger partial charge is 0.100 e. The van der Waals surface area contributed by atoms with Gasteiger partial charge in [0.2, 0.25) is 0 Å². The van der Waals surface area contributed by atoms with Crippen LogP contribution in [0.2, 0.25) is 0 Å². The topological polar surface area (TPSA) is 15.6 Å². The van der Waals surface area contributed by atoms with Crippen LogP contribution in [0.15, 0.2) is 52.1 Å². The Kier molecular flexibility index (Phi) is 2.63. The number of halogens is 1. The summed E-state index contributed by atoms with van der Waals surface area (Å²) in [5.41, 5.74) is 2.48. The standard InChI is InChI=1S/C14H13BrN2/c1-10-16-8-14-7-4-12(9-17(10)14)11-2-5-13(15)6-3-11/h2-7,9,14H,8H2,1H3. The average molecular weight is 289 g/mol. The van der Waals surface area contributed by atoms with Gasteiger partial charge in [0.1, 0.15) is 5.84 Å². The Morgan fingerprint density at radius 1 is 1.29 bits per heavy atom. The summed E-state index contributed by atoms with van der Waals surface area (Å²) in [4.78, 5) is 6.71. The molecule has 0 amide bonds. The Morgan fingerprint density at radius 2 is 2.06 bits per heavy atom. The van der Waals surface area contributed by atoms with Crippen LogP contribution in [-0.4, -0.2) is 23.3 Å². The lowest BCUT2D eigenvalue weighted by molar-refractivity contribution is 0.509. The number of benzene rings is 1. The molecular weight excluding hydrogens is 276 g/mol. The zero-order valence-corrected chi connectivity index (χ0v) is 11.2. The highest BCUT2D eigenvalue weighted by Gasteiger charge is 2.24. The molecular formula is C14H13BrN2. The van der Waals surface area contributed by atoms with Gasteiger partial charge in [-0.15, -0.1) is 0 Å². The van der Waals surface area contributed by atoms with Crippen LogP contribution >= 0.6 is 15.9 Å². The van der Waals surface area contributed by atoms with Gasteiger partial charge in [0.05, 0.1) is 12.6 Å². The molecule has 2 aliphatic rings. The van der Waals surface area contributed by atoms with E-state index in [1.54, 1.807) is 0 Å². The first kappa shape index (κ1) is 10.8. The van der Waals surface area contributed by atoms with Crippen LogP contribution in [0.1, 0.15) is 12.5 Å². The van der Waals surface area contributed by atoms with Crippen molar-refractivity contribution < 1.29 is 0 Å². The maximum Gasteiger partial charge on any atom is 0.100 e. The third-order valence-corrected chi connectivity index (χ3v) is 3.72. The van der Waals surface area contributed by atoms with E-state index < -0.39 is 0 Å². The quantitative estimate of drug-likeness (QED) is 0.773. The van der Waals surface area contributed by atoms with Crippen LogP contribution < -0.4 is 0 Å². The van der Waals surface area contributed by atoms with Gasteiger partial charge in [-0.2, -0.15) is 0 Å². The summed E-state index contributed by atoms with van der Waals surface area (Å²) in [7, 11) is 0. The van der Waals surface area contributed by atoms with Gasteiger partial charge in [-0.05, 0) is 30.2 Å². The van der Waals surface area contributed by atoms with Crippen molar-refractivity contribution in [1.82, 2.24) is 4.90 Å². The Hall–Kier alpha value is -1.35. The third-order valence-electron chi connectivity index (χ3n) is 3.19. The molecule has 0 saturated carbocycles. The molecule has 3 heteroatoms. The highest BCUT2D eigenvalue weighted by atomic mass is 79.9. The van der Waals surface area contributed by atoms with Gasteiger partial charge in [-0.25, -0.2) is 0 Å². The average Bonchev–Trinajstić information content (AvgIpc) is 2.72. The van der Waals surface area contributed by atoms with E-state index in [4.69, 9.17) is 0 Å². The van der Waals surface area contributed by atoms with E-state index >= 15 is 0 Å². The van der Waals surface area contributed by atoms with Crippen molar-refractivity contribution >= 4 is 27.3 Å². The van der Waals surface area contributed by atoms with Crippen LogP contribution in [0, 0.1) is 0 Å². The summed E-state index contributed by atoms with van der Waals surface area (Å²) in [6.45, 7) is 2.95. The van der Waals surface area contributed by atoms with E-state index in [9.17, 15) is 0 Å². The molecule has 0 aliphatic carbocycles. The van der Waals surface area contributed by atoms with E-state index in [-0.39, 0.29) is 0 Å². The highest BCUT2D eigenvalue weighted by molar-refractivity contribution is 9.10. The van der Waals surface area contributed by atoms with Crippen molar-refractivity contribution in [2.45, 2.75) is 13.0 Å². The number of amidine groups is 1. The molecule has 0 saturated heterocycles.